The number of nitrogens with zero attached hydrogens (tertiary/aromatic N) is 1. The third-order valence-corrected chi connectivity index (χ3v) is 2.64. The van der Waals surface area contributed by atoms with Crippen LogP contribution < -0.4 is 11.3 Å². The molecule has 0 amide bonds. The molecule has 2 aromatic rings. The standard InChI is InChI=1S/C12H14FN3/c1-3-9-6-11(16-14)12-7(2)4-8(13)5-10(12)15-9/h4-6H,3,14H2,1-2H3,(H,15,16). The second-order valence-corrected chi connectivity index (χ2v) is 3.78. The van der Waals surface area contributed by atoms with Crippen molar-refractivity contribution in [3.8, 4) is 0 Å². The van der Waals surface area contributed by atoms with E-state index in [9.17, 15) is 4.39 Å². The van der Waals surface area contributed by atoms with Crippen molar-refractivity contribution < 1.29 is 4.39 Å². The maximum atomic E-state index is 13.3. The number of halogens is 1. The first-order chi connectivity index (χ1) is 7.65. The molecular formula is C12H14FN3. The number of anilines is 1. The number of nitrogens with two attached hydrogens (primary N) is 1. The summed E-state index contributed by atoms with van der Waals surface area (Å²) < 4.78 is 13.3. The fourth-order valence-corrected chi connectivity index (χ4v) is 1.88. The first kappa shape index (κ1) is 10.8. The molecule has 84 valence electrons. The Hall–Kier alpha value is -1.68. The van der Waals surface area contributed by atoms with Gasteiger partial charge in [0.15, 0.2) is 0 Å². The highest BCUT2D eigenvalue weighted by molar-refractivity contribution is 5.94. The fourth-order valence-electron chi connectivity index (χ4n) is 1.88. The quantitative estimate of drug-likeness (QED) is 0.602. The minimum absolute atomic E-state index is 0.270. The van der Waals surface area contributed by atoms with Gasteiger partial charge in [0.1, 0.15) is 5.82 Å². The Morgan fingerprint density at radius 3 is 2.75 bits per heavy atom. The molecule has 0 bridgehead atoms. The van der Waals surface area contributed by atoms with Gasteiger partial charge in [-0.25, -0.2) is 4.39 Å². The number of rotatable bonds is 2. The van der Waals surface area contributed by atoms with Crippen LogP contribution in [0, 0.1) is 12.7 Å². The number of pyridine rings is 1. The van der Waals surface area contributed by atoms with Crippen LogP contribution in [-0.2, 0) is 6.42 Å². The second kappa shape index (κ2) is 4.06. The molecule has 0 aliphatic carbocycles. The molecule has 0 atom stereocenters. The maximum Gasteiger partial charge on any atom is 0.125 e. The molecule has 16 heavy (non-hydrogen) atoms. The van der Waals surface area contributed by atoms with Crippen molar-refractivity contribution in [2.24, 2.45) is 5.84 Å². The third kappa shape index (κ3) is 1.72. The summed E-state index contributed by atoms with van der Waals surface area (Å²) in [5.74, 6) is 5.21. The molecule has 0 saturated heterocycles. The van der Waals surface area contributed by atoms with Gasteiger partial charge in [-0.3, -0.25) is 10.8 Å². The average Bonchev–Trinajstić information content (AvgIpc) is 2.26. The van der Waals surface area contributed by atoms with Gasteiger partial charge < -0.3 is 5.43 Å². The van der Waals surface area contributed by atoms with Gasteiger partial charge in [-0.05, 0) is 31.0 Å². The Morgan fingerprint density at radius 1 is 1.38 bits per heavy atom. The lowest BCUT2D eigenvalue weighted by atomic mass is 10.1. The van der Waals surface area contributed by atoms with Crippen molar-refractivity contribution in [1.82, 2.24) is 4.98 Å². The lowest BCUT2D eigenvalue weighted by Crippen LogP contribution is -2.09. The molecule has 3 N–H and O–H groups in total. The number of aryl methyl sites for hydroxylation is 2. The molecule has 0 aliphatic rings. The Kier molecular flexibility index (Phi) is 2.75. The van der Waals surface area contributed by atoms with E-state index >= 15 is 0 Å². The van der Waals surface area contributed by atoms with Crippen LogP contribution in [0.25, 0.3) is 10.9 Å². The van der Waals surface area contributed by atoms with Gasteiger partial charge in [-0.15, -0.1) is 0 Å². The summed E-state index contributed by atoms with van der Waals surface area (Å²) in [6.45, 7) is 3.85. The molecule has 2 rings (SSSR count). The van der Waals surface area contributed by atoms with Gasteiger partial charge in [-0.1, -0.05) is 6.92 Å². The van der Waals surface area contributed by atoms with Gasteiger partial charge in [0.2, 0.25) is 0 Å². The van der Waals surface area contributed by atoms with E-state index in [4.69, 9.17) is 5.84 Å². The largest absolute Gasteiger partial charge is 0.323 e. The number of fused-ring (bicyclic) bond motifs is 1. The van der Waals surface area contributed by atoms with Crippen LogP contribution in [-0.4, -0.2) is 4.98 Å². The minimum atomic E-state index is -0.270. The predicted molar refractivity (Wildman–Crippen MR) is 63.6 cm³/mol. The smallest absolute Gasteiger partial charge is 0.125 e. The Labute approximate surface area is 93.5 Å². The molecule has 1 heterocycles. The van der Waals surface area contributed by atoms with E-state index in [1.165, 1.54) is 12.1 Å². The first-order valence-corrected chi connectivity index (χ1v) is 5.22. The number of benzene rings is 1. The van der Waals surface area contributed by atoms with Crippen molar-refractivity contribution >= 4 is 16.6 Å². The van der Waals surface area contributed by atoms with E-state index in [1.54, 1.807) is 0 Å². The average molecular weight is 219 g/mol. The SMILES string of the molecule is CCc1cc(NN)c2c(C)cc(F)cc2n1. The molecule has 0 radical (unpaired) electrons. The lowest BCUT2D eigenvalue weighted by Gasteiger charge is -2.10. The van der Waals surface area contributed by atoms with Gasteiger partial charge >= 0.3 is 0 Å². The zero-order chi connectivity index (χ0) is 11.7. The zero-order valence-electron chi connectivity index (χ0n) is 9.34. The fraction of sp³-hybridized carbons (Fsp3) is 0.250. The molecule has 0 aliphatic heterocycles. The third-order valence-electron chi connectivity index (χ3n) is 2.64. The van der Waals surface area contributed by atoms with Crippen molar-refractivity contribution in [3.63, 3.8) is 0 Å². The monoisotopic (exact) mass is 219 g/mol. The van der Waals surface area contributed by atoms with E-state index in [2.05, 4.69) is 10.4 Å². The van der Waals surface area contributed by atoms with Gasteiger partial charge in [-0.2, -0.15) is 0 Å². The maximum absolute atomic E-state index is 13.3. The van der Waals surface area contributed by atoms with Gasteiger partial charge in [0, 0.05) is 17.1 Å². The summed E-state index contributed by atoms with van der Waals surface area (Å²) in [6, 6.07) is 4.81. The Bertz CT molecular complexity index is 537. The molecule has 0 spiro atoms. The van der Waals surface area contributed by atoms with E-state index in [0.717, 1.165) is 28.8 Å². The number of nitrogens with one attached hydrogen (secondary N) is 1. The topological polar surface area (TPSA) is 50.9 Å². The predicted octanol–water partition coefficient (Wildman–Crippen LogP) is 2.53. The summed E-state index contributed by atoms with van der Waals surface area (Å²) >= 11 is 0. The van der Waals surface area contributed by atoms with Crippen molar-refractivity contribution in [1.29, 1.82) is 0 Å². The lowest BCUT2D eigenvalue weighted by molar-refractivity contribution is 0.628. The highest BCUT2D eigenvalue weighted by Crippen LogP contribution is 2.27. The van der Waals surface area contributed by atoms with Gasteiger partial charge in [0.25, 0.3) is 0 Å². The molecule has 0 saturated carbocycles. The van der Waals surface area contributed by atoms with Crippen LogP contribution in [0.5, 0.6) is 0 Å². The van der Waals surface area contributed by atoms with Crippen LogP contribution in [0.3, 0.4) is 0 Å². The summed E-state index contributed by atoms with van der Waals surface area (Å²) in [6.07, 6.45) is 0.792. The van der Waals surface area contributed by atoms with Crippen molar-refractivity contribution in [3.05, 3.63) is 35.3 Å². The summed E-state index contributed by atoms with van der Waals surface area (Å²) in [5, 5.41) is 0.876. The molecule has 1 aromatic carbocycles. The van der Waals surface area contributed by atoms with E-state index < -0.39 is 0 Å². The number of hydrogen-bond donors (Lipinski definition) is 2. The normalized spacial score (nSPS) is 10.8. The molecule has 0 unspecified atom stereocenters. The minimum Gasteiger partial charge on any atom is -0.323 e. The molecule has 4 heteroatoms. The van der Waals surface area contributed by atoms with Crippen LogP contribution >= 0.6 is 0 Å². The number of aromatic nitrogens is 1. The van der Waals surface area contributed by atoms with Crippen LogP contribution in [0.15, 0.2) is 18.2 Å². The van der Waals surface area contributed by atoms with Crippen molar-refractivity contribution in [2.45, 2.75) is 20.3 Å². The Morgan fingerprint density at radius 2 is 2.12 bits per heavy atom. The van der Waals surface area contributed by atoms with Gasteiger partial charge in [0.05, 0.1) is 11.2 Å². The first-order valence-electron chi connectivity index (χ1n) is 5.22. The van der Waals surface area contributed by atoms with E-state index in [-0.39, 0.29) is 5.82 Å². The zero-order valence-corrected chi connectivity index (χ0v) is 9.34. The highest BCUT2D eigenvalue weighted by Gasteiger charge is 2.08. The van der Waals surface area contributed by atoms with Crippen LogP contribution in [0.4, 0.5) is 10.1 Å². The molecular weight excluding hydrogens is 205 g/mol. The van der Waals surface area contributed by atoms with E-state index in [1.807, 2.05) is 19.9 Å². The van der Waals surface area contributed by atoms with Crippen LogP contribution in [0.2, 0.25) is 0 Å². The molecule has 1 aromatic heterocycles. The summed E-state index contributed by atoms with van der Waals surface area (Å²) in [7, 11) is 0. The number of hydrogen-bond acceptors (Lipinski definition) is 3. The Balaban J connectivity index is 2.83. The summed E-state index contributed by atoms with van der Waals surface area (Å²) in [5.41, 5.74) is 5.80. The molecule has 3 nitrogen and oxygen atoms in total. The highest BCUT2D eigenvalue weighted by atomic mass is 19.1. The molecule has 0 fully saturated rings. The van der Waals surface area contributed by atoms with E-state index in [0.29, 0.717) is 5.52 Å². The number of hydrazine groups is 1. The summed E-state index contributed by atoms with van der Waals surface area (Å²) in [4.78, 5) is 4.39. The second-order valence-electron chi connectivity index (χ2n) is 3.78. The van der Waals surface area contributed by atoms with Crippen molar-refractivity contribution in [2.75, 3.05) is 5.43 Å². The number of nitrogen functional groups attached to an aromatic ring is 1. The van der Waals surface area contributed by atoms with Crippen LogP contribution in [0.1, 0.15) is 18.2 Å².